The van der Waals surface area contributed by atoms with Crippen LogP contribution in [0.5, 0.6) is 0 Å². The van der Waals surface area contributed by atoms with Crippen molar-refractivity contribution in [2.24, 2.45) is 12.0 Å². The molecule has 78 valence electrons. The Morgan fingerprint density at radius 2 is 2.29 bits per heavy atom. The summed E-state index contributed by atoms with van der Waals surface area (Å²) in [4.78, 5) is 3.55. The average Bonchev–Trinajstić information content (AvgIpc) is 2.30. The summed E-state index contributed by atoms with van der Waals surface area (Å²) in [6, 6.07) is 0. The molecule has 0 aliphatic carbocycles. The molecule has 0 aromatic carbocycles. The maximum Gasteiger partial charge on any atom is 0.323 e. The second-order valence-electron chi connectivity index (χ2n) is 3.81. The largest absolute Gasteiger partial charge is 0.594 e. The van der Waals surface area contributed by atoms with Crippen molar-refractivity contribution in [3.05, 3.63) is 6.20 Å². The molecule has 0 saturated carbocycles. The first kappa shape index (κ1) is 10.5. The Kier molecular flexibility index (Phi) is 2.73. The highest BCUT2D eigenvalue weighted by Gasteiger charge is 2.07. The second kappa shape index (κ2) is 3.65. The van der Waals surface area contributed by atoms with E-state index in [1.54, 1.807) is 27.8 Å². The van der Waals surface area contributed by atoms with Gasteiger partial charge >= 0.3 is 5.88 Å². The van der Waals surface area contributed by atoms with E-state index in [0.29, 0.717) is 0 Å². The van der Waals surface area contributed by atoms with Crippen LogP contribution in [-0.4, -0.2) is 17.0 Å². The van der Waals surface area contributed by atoms with Gasteiger partial charge in [0, 0.05) is 5.60 Å². The van der Waals surface area contributed by atoms with E-state index >= 15 is 0 Å². The quantitative estimate of drug-likeness (QED) is 0.352. The number of hydrogen-bond donors (Lipinski definition) is 0. The van der Waals surface area contributed by atoms with Crippen molar-refractivity contribution in [2.75, 3.05) is 0 Å². The van der Waals surface area contributed by atoms with Crippen LogP contribution in [0.15, 0.2) is 15.7 Å². The molecule has 0 fully saturated rings. The summed E-state index contributed by atoms with van der Waals surface area (Å²) in [5.41, 5.74) is -0.553. The highest BCUT2D eigenvalue weighted by atomic mass is 16.6. The van der Waals surface area contributed by atoms with E-state index in [-0.39, 0.29) is 5.88 Å². The van der Waals surface area contributed by atoms with E-state index in [1.807, 2.05) is 0 Å². The fraction of sp³-hybridized carbons (Fsp3) is 0.625. The number of hydrogen-bond acceptors (Lipinski definition) is 5. The molecule has 0 unspecified atom stereocenters. The lowest BCUT2D eigenvalue weighted by molar-refractivity contribution is -0.739. The number of ether oxygens (including phenoxy) is 1. The standard InChI is InChI=1S/C8H13N3O3/c1-8(2,3)13-7(12)9-6-5-11(4)10-14-6/h5H,1-4H3. The van der Waals surface area contributed by atoms with Gasteiger partial charge in [0.2, 0.25) is 0 Å². The van der Waals surface area contributed by atoms with Crippen molar-refractivity contribution in [1.82, 2.24) is 5.27 Å². The minimum absolute atomic E-state index is 0.127. The van der Waals surface area contributed by atoms with Crippen LogP contribution in [0.2, 0.25) is 0 Å². The zero-order valence-corrected chi connectivity index (χ0v) is 8.64. The molecule has 0 atom stereocenters. The van der Waals surface area contributed by atoms with Gasteiger partial charge < -0.3 is 9.84 Å². The summed E-state index contributed by atoms with van der Waals surface area (Å²) in [5, 5.41) is 14.7. The molecule has 6 heteroatoms. The number of rotatable bonds is 1. The normalized spacial score (nSPS) is 13.0. The molecule has 1 aromatic heterocycles. The molecule has 0 N–H and O–H groups in total. The van der Waals surface area contributed by atoms with E-state index in [9.17, 15) is 5.11 Å². The van der Waals surface area contributed by atoms with Gasteiger partial charge in [-0.25, -0.2) is 0 Å². The first-order valence-electron chi connectivity index (χ1n) is 4.14. The Balaban J connectivity index is 2.69. The predicted octanol–water partition coefficient (Wildman–Crippen LogP) is -0.338. The van der Waals surface area contributed by atoms with Crippen LogP contribution in [0, 0.1) is 0 Å². The maximum atomic E-state index is 11.2. The summed E-state index contributed by atoms with van der Waals surface area (Å²) < 4.78 is 11.0. The van der Waals surface area contributed by atoms with Crippen molar-refractivity contribution in [3.63, 3.8) is 0 Å². The molecule has 1 aromatic rings. The van der Waals surface area contributed by atoms with E-state index < -0.39 is 11.7 Å². The van der Waals surface area contributed by atoms with Gasteiger partial charge in [-0.1, -0.05) is 25.5 Å². The first-order valence-corrected chi connectivity index (χ1v) is 4.14. The molecule has 0 saturated heterocycles. The Morgan fingerprint density at radius 3 is 2.71 bits per heavy atom. The summed E-state index contributed by atoms with van der Waals surface area (Å²) in [6.07, 6.45) is 0.790. The third-order valence-corrected chi connectivity index (χ3v) is 1.16. The Morgan fingerprint density at radius 1 is 1.64 bits per heavy atom. The zero-order chi connectivity index (χ0) is 10.8. The number of aromatic nitrogens is 2. The van der Waals surface area contributed by atoms with Crippen LogP contribution in [0.3, 0.4) is 0 Å². The van der Waals surface area contributed by atoms with Crippen LogP contribution in [0.4, 0.5) is 5.88 Å². The molecular formula is C8H13N3O3. The Hall–Kier alpha value is -1.59. The van der Waals surface area contributed by atoms with E-state index in [2.05, 4.69) is 10.3 Å². The number of nitrogens with zero attached hydrogens (tertiary/aromatic N) is 3. The number of aryl methyl sites for hydroxylation is 1. The third-order valence-electron chi connectivity index (χ3n) is 1.16. The van der Waals surface area contributed by atoms with Crippen molar-refractivity contribution in [3.8, 4) is 0 Å². The molecule has 0 amide bonds. The lowest BCUT2D eigenvalue weighted by atomic mass is 10.2. The second-order valence-corrected chi connectivity index (χ2v) is 3.81. The van der Waals surface area contributed by atoms with Crippen molar-refractivity contribution >= 4 is 12.0 Å². The monoisotopic (exact) mass is 199 g/mol. The molecule has 0 radical (unpaired) electrons. The summed E-state index contributed by atoms with van der Waals surface area (Å²) in [6.45, 7) is 5.29. The lowest BCUT2D eigenvalue weighted by Gasteiger charge is -2.28. The highest BCUT2D eigenvalue weighted by molar-refractivity contribution is 5.65. The Labute approximate surface area is 81.8 Å². The van der Waals surface area contributed by atoms with Gasteiger partial charge in [-0.15, -0.1) is 0 Å². The zero-order valence-electron chi connectivity index (χ0n) is 8.64. The van der Waals surface area contributed by atoms with E-state index in [0.717, 1.165) is 0 Å². The van der Waals surface area contributed by atoms with Gasteiger partial charge in [0.15, 0.2) is 18.4 Å². The molecule has 0 spiro atoms. The van der Waals surface area contributed by atoms with E-state index in [1.165, 1.54) is 10.9 Å². The Bertz CT molecular complexity index is 338. The van der Waals surface area contributed by atoms with Gasteiger partial charge in [0.25, 0.3) is 6.20 Å². The smallest absolute Gasteiger partial charge is 0.323 e. The van der Waals surface area contributed by atoms with Crippen LogP contribution < -0.4 is 9.79 Å². The summed E-state index contributed by atoms with van der Waals surface area (Å²) in [7, 11) is 1.66. The molecule has 0 aliphatic heterocycles. The van der Waals surface area contributed by atoms with Gasteiger partial charge in [-0.05, 0) is 0 Å². The average molecular weight is 199 g/mol. The highest BCUT2D eigenvalue weighted by Crippen LogP contribution is 2.09. The topological polar surface area (TPSA) is 74.6 Å². The number of aliphatic imine (C=N–C) groups is 1. The fourth-order valence-electron chi connectivity index (χ4n) is 0.737. The van der Waals surface area contributed by atoms with Crippen molar-refractivity contribution < 1.29 is 19.0 Å². The molecule has 6 nitrogen and oxygen atoms in total. The fourth-order valence-corrected chi connectivity index (χ4v) is 0.737. The molecule has 1 heterocycles. The van der Waals surface area contributed by atoms with Crippen molar-refractivity contribution in [1.29, 1.82) is 0 Å². The predicted molar refractivity (Wildman–Crippen MR) is 45.6 cm³/mol. The first-order chi connectivity index (χ1) is 6.37. The van der Waals surface area contributed by atoms with Gasteiger partial charge in [-0.2, -0.15) is 4.99 Å². The molecular weight excluding hydrogens is 186 g/mol. The third kappa shape index (κ3) is 3.42. The van der Waals surface area contributed by atoms with Crippen LogP contribution in [0.1, 0.15) is 20.8 Å². The van der Waals surface area contributed by atoms with Crippen LogP contribution >= 0.6 is 0 Å². The minimum Gasteiger partial charge on any atom is -0.594 e. The molecule has 0 aliphatic rings. The lowest BCUT2D eigenvalue weighted by Crippen LogP contribution is -2.31. The molecule has 0 bridgehead atoms. The summed E-state index contributed by atoms with van der Waals surface area (Å²) in [5.74, 6) is 0.127. The van der Waals surface area contributed by atoms with E-state index in [4.69, 9.17) is 9.26 Å². The van der Waals surface area contributed by atoms with Gasteiger partial charge in [0.05, 0.1) is 0 Å². The SMILES string of the molecule is C[n+]1cc(/N=C(\[O-])OC(C)(C)C)on1. The van der Waals surface area contributed by atoms with Gasteiger partial charge in [-0.3, -0.25) is 4.52 Å². The van der Waals surface area contributed by atoms with Crippen LogP contribution in [-0.2, 0) is 11.8 Å². The molecule has 1 rings (SSSR count). The van der Waals surface area contributed by atoms with Crippen molar-refractivity contribution in [2.45, 2.75) is 26.4 Å². The maximum absolute atomic E-state index is 11.2. The van der Waals surface area contributed by atoms with Crippen LogP contribution in [0.25, 0.3) is 0 Å². The minimum atomic E-state index is -0.686. The molecule has 14 heavy (non-hydrogen) atoms. The summed E-state index contributed by atoms with van der Waals surface area (Å²) >= 11 is 0. The van der Waals surface area contributed by atoms with Gasteiger partial charge in [0.1, 0.15) is 0 Å².